The third-order valence-electron chi connectivity index (χ3n) is 6.95. The van der Waals surface area contributed by atoms with Crippen LogP contribution in [0.3, 0.4) is 0 Å². The monoisotopic (exact) mass is 450 g/mol. The Morgan fingerprint density at radius 1 is 1.03 bits per heavy atom. The molecule has 1 aliphatic rings. The van der Waals surface area contributed by atoms with Crippen LogP contribution in [0.25, 0.3) is 12.2 Å². The van der Waals surface area contributed by atoms with E-state index >= 15 is 0 Å². The van der Waals surface area contributed by atoms with Crippen molar-refractivity contribution < 1.29 is 9.90 Å². The molecule has 0 aromatic heterocycles. The lowest BCUT2D eigenvalue weighted by molar-refractivity contribution is 0.0696. The molecule has 172 valence electrons. The molecule has 32 heavy (non-hydrogen) atoms. The summed E-state index contributed by atoms with van der Waals surface area (Å²) in [6.07, 6.45) is 9.27. The molecule has 2 aromatic carbocycles. The van der Waals surface area contributed by atoms with E-state index in [-0.39, 0.29) is 10.8 Å². The fourth-order valence-electron chi connectivity index (χ4n) is 4.60. The van der Waals surface area contributed by atoms with Crippen molar-refractivity contribution in [1.29, 1.82) is 0 Å². The zero-order chi connectivity index (χ0) is 23.5. The molecule has 1 aliphatic carbocycles. The van der Waals surface area contributed by atoms with Gasteiger partial charge in [-0.3, -0.25) is 0 Å². The molecule has 0 spiro atoms. The molecule has 0 aliphatic heterocycles. The van der Waals surface area contributed by atoms with E-state index in [0.717, 1.165) is 16.9 Å². The van der Waals surface area contributed by atoms with Crippen molar-refractivity contribution >= 4 is 29.9 Å². The minimum absolute atomic E-state index is 0.182. The van der Waals surface area contributed by atoms with E-state index in [1.807, 2.05) is 30.8 Å². The smallest absolute Gasteiger partial charge is 0.335 e. The van der Waals surface area contributed by atoms with Gasteiger partial charge in [0.1, 0.15) is 0 Å². The molecule has 0 saturated carbocycles. The fraction of sp³-hybridized carbons (Fsp3) is 0.483. The Bertz CT molecular complexity index is 1010. The molecule has 0 atom stereocenters. The van der Waals surface area contributed by atoms with Gasteiger partial charge in [-0.1, -0.05) is 77.5 Å². The van der Waals surface area contributed by atoms with Crippen molar-refractivity contribution in [3.63, 3.8) is 0 Å². The summed E-state index contributed by atoms with van der Waals surface area (Å²) in [4.78, 5) is 11.3. The number of thioether (sulfide) groups is 1. The Labute approximate surface area is 198 Å². The van der Waals surface area contributed by atoms with Crippen molar-refractivity contribution in [2.75, 3.05) is 5.75 Å². The van der Waals surface area contributed by atoms with Gasteiger partial charge in [0, 0.05) is 5.75 Å². The van der Waals surface area contributed by atoms with Gasteiger partial charge in [-0.05, 0) is 82.2 Å². The summed E-state index contributed by atoms with van der Waals surface area (Å²) in [7, 11) is 0. The molecular formula is C29H38O2S. The summed E-state index contributed by atoms with van der Waals surface area (Å²) in [5.41, 5.74) is 8.28. The summed E-state index contributed by atoms with van der Waals surface area (Å²) in [6, 6.07) is 10.5. The van der Waals surface area contributed by atoms with Gasteiger partial charge < -0.3 is 5.11 Å². The maximum atomic E-state index is 11.3. The standard InChI is InChI=1S/C29H38O2S/c1-7-8-15-32-19-23-18-26-25(28(3,4)13-14-29(26,5)6)17-22(23)11-9-21-10-12-24(27(30)31)20(2)16-21/h9-12,16-18H,7-8,13-15,19H2,1-6H3,(H,30,31)/b11-9+. The molecule has 0 amide bonds. The summed E-state index contributed by atoms with van der Waals surface area (Å²) in [5, 5.41) is 9.31. The predicted molar refractivity (Wildman–Crippen MR) is 140 cm³/mol. The molecule has 0 saturated heterocycles. The lowest BCUT2D eigenvalue weighted by Crippen LogP contribution is -2.34. The molecule has 3 rings (SSSR count). The third kappa shape index (κ3) is 5.49. The Morgan fingerprint density at radius 2 is 1.69 bits per heavy atom. The molecule has 0 unspecified atom stereocenters. The van der Waals surface area contributed by atoms with E-state index in [0.29, 0.717) is 5.56 Å². The first-order valence-corrected chi connectivity index (χ1v) is 13.0. The molecule has 2 nitrogen and oxygen atoms in total. The number of rotatable bonds is 8. The molecule has 1 N–H and O–H groups in total. The molecule has 0 radical (unpaired) electrons. The van der Waals surface area contributed by atoms with Crippen LogP contribution in [0.5, 0.6) is 0 Å². The maximum absolute atomic E-state index is 11.3. The second-order valence-electron chi connectivity index (χ2n) is 10.5. The average Bonchev–Trinajstić information content (AvgIpc) is 2.73. The lowest BCUT2D eigenvalue weighted by Gasteiger charge is -2.42. The van der Waals surface area contributed by atoms with Gasteiger partial charge in [-0.2, -0.15) is 11.8 Å². The number of hydrogen-bond donors (Lipinski definition) is 1. The van der Waals surface area contributed by atoms with Gasteiger partial charge in [-0.25, -0.2) is 4.79 Å². The summed E-state index contributed by atoms with van der Waals surface area (Å²) < 4.78 is 0. The summed E-state index contributed by atoms with van der Waals surface area (Å²) in [6.45, 7) is 13.6. The molecule has 3 heteroatoms. The zero-order valence-electron chi connectivity index (χ0n) is 20.5. The third-order valence-corrected chi connectivity index (χ3v) is 8.04. The second kappa shape index (κ2) is 9.87. The van der Waals surface area contributed by atoms with E-state index in [4.69, 9.17) is 0 Å². The van der Waals surface area contributed by atoms with E-state index in [1.165, 1.54) is 53.7 Å². The number of carbonyl (C=O) groups is 1. The normalized spacial score (nSPS) is 16.8. The van der Waals surface area contributed by atoms with Gasteiger partial charge in [0.2, 0.25) is 0 Å². The highest BCUT2D eigenvalue weighted by Gasteiger charge is 2.37. The minimum Gasteiger partial charge on any atom is -0.478 e. The number of carboxylic acid groups (broad SMARTS) is 1. The number of hydrogen-bond acceptors (Lipinski definition) is 2. The van der Waals surface area contributed by atoms with Crippen LogP contribution in [0, 0.1) is 6.92 Å². The Kier molecular flexibility index (Phi) is 7.60. The van der Waals surface area contributed by atoms with E-state index < -0.39 is 5.97 Å². The van der Waals surface area contributed by atoms with Crippen LogP contribution in [-0.2, 0) is 16.6 Å². The maximum Gasteiger partial charge on any atom is 0.335 e. The van der Waals surface area contributed by atoms with Gasteiger partial charge in [0.25, 0.3) is 0 Å². The zero-order valence-corrected chi connectivity index (χ0v) is 21.4. The van der Waals surface area contributed by atoms with Crippen LogP contribution < -0.4 is 0 Å². The summed E-state index contributed by atoms with van der Waals surface area (Å²) in [5.74, 6) is 1.35. The highest BCUT2D eigenvalue weighted by atomic mass is 32.2. The van der Waals surface area contributed by atoms with E-state index in [1.54, 1.807) is 6.07 Å². The molecular weight excluding hydrogens is 412 g/mol. The number of fused-ring (bicyclic) bond motifs is 1. The predicted octanol–water partition coefficient (Wildman–Crippen LogP) is 8.25. The fourth-order valence-corrected chi connectivity index (χ4v) is 5.71. The topological polar surface area (TPSA) is 37.3 Å². The Balaban J connectivity index is 2.01. The van der Waals surface area contributed by atoms with Gasteiger partial charge in [0.05, 0.1) is 5.56 Å². The summed E-state index contributed by atoms with van der Waals surface area (Å²) >= 11 is 2.03. The van der Waals surface area contributed by atoms with E-state index in [9.17, 15) is 9.90 Å². The quantitative estimate of drug-likeness (QED) is 0.325. The van der Waals surface area contributed by atoms with Crippen molar-refractivity contribution in [3.8, 4) is 0 Å². The van der Waals surface area contributed by atoms with Gasteiger partial charge in [-0.15, -0.1) is 0 Å². The first-order valence-electron chi connectivity index (χ1n) is 11.8. The lowest BCUT2D eigenvalue weighted by atomic mass is 9.62. The highest BCUT2D eigenvalue weighted by Crippen LogP contribution is 2.47. The number of benzene rings is 2. The van der Waals surface area contributed by atoms with Crippen LogP contribution >= 0.6 is 11.8 Å². The van der Waals surface area contributed by atoms with Gasteiger partial charge >= 0.3 is 5.97 Å². The number of unbranched alkanes of at least 4 members (excludes halogenated alkanes) is 1. The van der Waals surface area contributed by atoms with Gasteiger partial charge in [0.15, 0.2) is 0 Å². The van der Waals surface area contributed by atoms with Crippen LogP contribution in [0.15, 0.2) is 30.3 Å². The second-order valence-corrected chi connectivity index (χ2v) is 11.6. The average molecular weight is 451 g/mol. The molecule has 2 aromatic rings. The van der Waals surface area contributed by atoms with Crippen molar-refractivity contribution in [1.82, 2.24) is 0 Å². The van der Waals surface area contributed by atoms with Crippen LogP contribution in [0.2, 0.25) is 0 Å². The largest absolute Gasteiger partial charge is 0.478 e. The first-order chi connectivity index (χ1) is 15.0. The van der Waals surface area contributed by atoms with Crippen LogP contribution in [-0.4, -0.2) is 16.8 Å². The number of aromatic carboxylic acids is 1. The van der Waals surface area contributed by atoms with Crippen molar-refractivity contribution in [2.45, 2.75) is 83.8 Å². The van der Waals surface area contributed by atoms with Crippen molar-refractivity contribution in [3.05, 3.63) is 69.3 Å². The Hall–Kier alpha value is -2.00. The Morgan fingerprint density at radius 3 is 2.28 bits per heavy atom. The number of carboxylic acids is 1. The SMILES string of the molecule is CCCCSCc1cc2c(cc1/C=C/c1ccc(C(=O)O)c(C)c1)C(C)(C)CCC2(C)C. The van der Waals surface area contributed by atoms with Crippen LogP contribution in [0.4, 0.5) is 0 Å². The molecule has 0 fully saturated rings. The molecule has 0 heterocycles. The van der Waals surface area contributed by atoms with Crippen molar-refractivity contribution in [2.24, 2.45) is 0 Å². The van der Waals surface area contributed by atoms with Crippen LogP contribution in [0.1, 0.15) is 104 Å². The first kappa shape index (κ1) is 24.6. The molecule has 0 bridgehead atoms. The van der Waals surface area contributed by atoms with E-state index in [2.05, 4.69) is 58.9 Å². The minimum atomic E-state index is -0.871. The number of aryl methyl sites for hydroxylation is 1. The highest BCUT2D eigenvalue weighted by molar-refractivity contribution is 7.98.